The Morgan fingerprint density at radius 3 is 2.94 bits per heavy atom. The number of hydrogen-bond acceptors (Lipinski definition) is 2. The Kier molecular flexibility index (Phi) is 5.01. The van der Waals surface area contributed by atoms with Gasteiger partial charge in [-0.25, -0.2) is 8.78 Å². The molecular weight excluding hydrogens is 252 g/mol. The van der Waals surface area contributed by atoms with Crippen LogP contribution in [0.25, 0.3) is 0 Å². The molecule has 100 valence electrons. The quantitative estimate of drug-likeness (QED) is 0.891. The summed E-state index contributed by atoms with van der Waals surface area (Å²) in [7, 11) is 0. The van der Waals surface area contributed by atoms with Crippen LogP contribution in [-0.2, 0) is 0 Å². The smallest absolute Gasteiger partial charge is 0.163 e. The first kappa shape index (κ1) is 13.8. The number of benzene rings is 1. The first-order valence-electron chi connectivity index (χ1n) is 6.47. The molecule has 0 aliphatic carbocycles. The number of thioether (sulfide) groups is 1. The zero-order valence-corrected chi connectivity index (χ0v) is 11.4. The molecule has 1 saturated heterocycles. The van der Waals surface area contributed by atoms with Crippen LogP contribution in [-0.4, -0.2) is 17.5 Å². The van der Waals surface area contributed by atoms with Gasteiger partial charge in [0.15, 0.2) is 11.6 Å². The molecule has 0 spiro atoms. The van der Waals surface area contributed by atoms with E-state index in [1.54, 1.807) is 12.1 Å². The zero-order chi connectivity index (χ0) is 13.0. The minimum absolute atomic E-state index is 0.150. The fourth-order valence-electron chi connectivity index (χ4n) is 2.24. The molecule has 1 N–H and O–H groups in total. The SMILES string of the molecule is CC(NCC1CCCCS1)c1cccc(F)c1F. The third-order valence-electron chi connectivity index (χ3n) is 3.37. The van der Waals surface area contributed by atoms with Gasteiger partial charge in [0.25, 0.3) is 0 Å². The predicted octanol–water partition coefficient (Wildman–Crippen LogP) is 3.90. The van der Waals surface area contributed by atoms with Gasteiger partial charge in [0, 0.05) is 23.4 Å². The van der Waals surface area contributed by atoms with Crippen LogP contribution in [0.15, 0.2) is 18.2 Å². The Morgan fingerprint density at radius 2 is 2.22 bits per heavy atom. The van der Waals surface area contributed by atoms with Gasteiger partial charge < -0.3 is 5.32 Å². The Labute approximate surface area is 111 Å². The van der Waals surface area contributed by atoms with E-state index in [1.807, 2.05) is 18.7 Å². The van der Waals surface area contributed by atoms with Gasteiger partial charge in [-0.15, -0.1) is 0 Å². The molecule has 1 aliphatic rings. The Morgan fingerprint density at radius 1 is 1.39 bits per heavy atom. The lowest BCUT2D eigenvalue weighted by atomic mass is 10.1. The second-order valence-corrected chi connectivity index (χ2v) is 6.17. The van der Waals surface area contributed by atoms with E-state index in [-0.39, 0.29) is 6.04 Å². The molecule has 1 aromatic carbocycles. The maximum atomic E-state index is 13.6. The molecule has 0 radical (unpaired) electrons. The Hall–Kier alpha value is -0.610. The van der Waals surface area contributed by atoms with Gasteiger partial charge in [0.05, 0.1) is 0 Å². The van der Waals surface area contributed by atoms with E-state index in [4.69, 9.17) is 0 Å². The maximum Gasteiger partial charge on any atom is 0.163 e. The van der Waals surface area contributed by atoms with E-state index in [0.29, 0.717) is 10.8 Å². The molecule has 0 bridgehead atoms. The standard InChI is InChI=1S/C14H19F2NS/c1-10(12-6-4-7-13(15)14(12)16)17-9-11-5-2-3-8-18-11/h4,6-7,10-11,17H,2-3,5,8-9H2,1H3. The van der Waals surface area contributed by atoms with Gasteiger partial charge in [-0.1, -0.05) is 18.6 Å². The second kappa shape index (κ2) is 6.53. The second-order valence-electron chi connectivity index (χ2n) is 4.76. The van der Waals surface area contributed by atoms with Gasteiger partial charge in [-0.3, -0.25) is 0 Å². The summed E-state index contributed by atoms with van der Waals surface area (Å²) >= 11 is 1.98. The highest BCUT2D eigenvalue weighted by Gasteiger charge is 2.17. The molecule has 1 heterocycles. The van der Waals surface area contributed by atoms with Crippen molar-refractivity contribution in [1.82, 2.24) is 5.32 Å². The first-order chi connectivity index (χ1) is 8.68. The molecule has 1 aromatic rings. The molecule has 18 heavy (non-hydrogen) atoms. The summed E-state index contributed by atoms with van der Waals surface area (Å²) in [6, 6.07) is 4.21. The Balaban J connectivity index is 1.90. The van der Waals surface area contributed by atoms with Crippen LogP contribution in [0.3, 0.4) is 0 Å². The van der Waals surface area contributed by atoms with E-state index in [2.05, 4.69) is 5.32 Å². The minimum Gasteiger partial charge on any atom is -0.309 e. The first-order valence-corrected chi connectivity index (χ1v) is 7.52. The Bertz CT molecular complexity index is 391. The van der Waals surface area contributed by atoms with Crippen LogP contribution < -0.4 is 5.32 Å². The van der Waals surface area contributed by atoms with Crippen LogP contribution in [0.1, 0.15) is 37.8 Å². The fourth-order valence-corrected chi connectivity index (χ4v) is 3.49. The van der Waals surface area contributed by atoms with Crippen LogP contribution in [0.5, 0.6) is 0 Å². The highest BCUT2D eigenvalue weighted by molar-refractivity contribution is 7.99. The summed E-state index contributed by atoms with van der Waals surface area (Å²) in [6.07, 6.45) is 3.80. The van der Waals surface area contributed by atoms with Crippen molar-refractivity contribution in [2.45, 2.75) is 37.5 Å². The lowest BCUT2D eigenvalue weighted by molar-refractivity contribution is 0.469. The normalized spacial score (nSPS) is 21.8. The van der Waals surface area contributed by atoms with Crippen molar-refractivity contribution in [3.63, 3.8) is 0 Å². The summed E-state index contributed by atoms with van der Waals surface area (Å²) in [5.74, 6) is -0.281. The van der Waals surface area contributed by atoms with Crippen molar-refractivity contribution in [3.05, 3.63) is 35.4 Å². The third kappa shape index (κ3) is 3.45. The molecule has 2 rings (SSSR count). The third-order valence-corrected chi connectivity index (χ3v) is 4.77. The average molecular weight is 271 g/mol. The number of rotatable bonds is 4. The number of nitrogens with one attached hydrogen (secondary N) is 1. The molecule has 2 unspecified atom stereocenters. The van der Waals surface area contributed by atoms with Gasteiger partial charge in [0.2, 0.25) is 0 Å². The molecule has 0 amide bonds. The van der Waals surface area contributed by atoms with E-state index >= 15 is 0 Å². The largest absolute Gasteiger partial charge is 0.309 e. The minimum atomic E-state index is -0.770. The van der Waals surface area contributed by atoms with E-state index in [9.17, 15) is 8.78 Å². The molecular formula is C14H19F2NS. The summed E-state index contributed by atoms with van der Waals surface area (Å²) in [5.41, 5.74) is 0.413. The number of hydrogen-bond donors (Lipinski definition) is 1. The van der Waals surface area contributed by atoms with Gasteiger partial charge in [-0.05, 0) is 31.6 Å². The molecule has 1 fully saturated rings. The summed E-state index contributed by atoms with van der Waals surface area (Å²) in [5, 5.41) is 3.92. The van der Waals surface area contributed by atoms with Crippen molar-refractivity contribution < 1.29 is 8.78 Å². The van der Waals surface area contributed by atoms with Crippen LogP contribution in [0.4, 0.5) is 8.78 Å². The van der Waals surface area contributed by atoms with Gasteiger partial charge in [-0.2, -0.15) is 11.8 Å². The molecule has 4 heteroatoms. The topological polar surface area (TPSA) is 12.0 Å². The van der Waals surface area contributed by atoms with E-state index in [1.165, 1.54) is 25.0 Å². The van der Waals surface area contributed by atoms with Crippen LogP contribution in [0, 0.1) is 11.6 Å². The average Bonchev–Trinajstić information content (AvgIpc) is 2.40. The highest BCUT2D eigenvalue weighted by Crippen LogP contribution is 2.25. The van der Waals surface area contributed by atoms with Crippen molar-refractivity contribution in [2.75, 3.05) is 12.3 Å². The van der Waals surface area contributed by atoms with Crippen LogP contribution in [0.2, 0.25) is 0 Å². The van der Waals surface area contributed by atoms with E-state index < -0.39 is 11.6 Å². The monoisotopic (exact) mass is 271 g/mol. The maximum absolute atomic E-state index is 13.6. The van der Waals surface area contributed by atoms with Gasteiger partial charge in [0.1, 0.15) is 0 Å². The lowest BCUT2D eigenvalue weighted by Gasteiger charge is -2.24. The predicted molar refractivity (Wildman–Crippen MR) is 72.9 cm³/mol. The highest BCUT2D eigenvalue weighted by atomic mass is 32.2. The van der Waals surface area contributed by atoms with Crippen molar-refractivity contribution >= 4 is 11.8 Å². The molecule has 1 aliphatic heterocycles. The molecule has 0 aromatic heterocycles. The van der Waals surface area contributed by atoms with E-state index in [0.717, 1.165) is 12.6 Å². The zero-order valence-electron chi connectivity index (χ0n) is 10.6. The van der Waals surface area contributed by atoms with Crippen molar-refractivity contribution in [2.24, 2.45) is 0 Å². The van der Waals surface area contributed by atoms with Crippen molar-refractivity contribution in [1.29, 1.82) is 0 Å². The molecule has 0 saturated carbocycles. The van der Waals surface area contributed by atoms with Crippen molar-refractivity contribution in [3.8, 4) is 0 Å². The summed E-state index contributed by atoms with van der Waals surface area (Å²) in [4.78, 5) is 0. The number of halogens is 2. The van der Waals surface area contributed by atoms with Crippen LogP contribution >= 0.6 is 11.8 Å². The fraction of sp³-hybridized carbons (Fsp3) is 0.571. The molecule has 1 nitrogen and oxygen atoms in total. The molecule has 2 atom stereocenters. The summed E-state index contributed by atoms with van der Waals surface area (Å²) in [6.45, 7) is 2.74. The summed E-state index contributed by atoms with van der Waals surface area (Å²) < 4.78 is 26.7. The van der Waals surface area contributed by atoms with Gasteiger partial charge >= 0.3 is 0 Å². The lowest BCUT2D eigenvalue weighted by Crippen LogP contribution is -2.29.